The van der Waals surface area contributed by atoms with E-state index in [0.29, 0.717) is 24.4 Å². The molecule has 1 aliphatic heterocycles. The Morgan fingerprint density at radius 2 is 2.40 bits per heavy atom. The minimum Gasteiger partial charge on any atom is -0.487 e. The molecule has 0 spiro atoms. The molecule has 0 aromatic carbocycles. The highest BCUT2D eigenvalue weighted by Gasteiger charge is 2.30. The zero-order valence-corrected chi connectivity index (χ0v) is 9.08. The van der Waals surface area contributed by atoms with Crippen LogP contribution < -0.4 is 0 Å². The minimum absolute atomic E-state index is 0.216. The van der Waals surface area contributed by atoms with Gasteiger partial charge in [-0.1, -0.05) is 6.58 Å². The maximum absolute atomic E-state index is 11.5. The van der Waals surface area contributed by atoms with Gasteiger partial charge in [-0.3, -0.25) is 0 Å². The lowest BCUT2D eigenvalue weighted by molar-refractivity contribution is -0.138. The lowest BCUT2D eigenvalue weighted by Crippen LogP contribution is -2.10. The summed E-state index contributed by atoms with van der Waals surface area (Å²) in [5.74, 6) is -0.105. The SMILES string of the molecule is C=C(C)C1CC(C(=O)OCC)=C(CO)O1. The van der Waals surface area contributed by atoms with Crippen LogP contribution in [-0.4, -0.2) is 30.4 Å². The maximum atomic E-state index is 11.5. The summed E-state index contributed by atoms with van der Waals surface area (Å²) in [5, 5.41) is 9.03. The van der Waals surface area contributed by atoms with E-state index < -0.39 is 5.97 Å². The molecule has 4 nitrogen and oxygen atoms in total. The van der Waals surface area contributed by atoms with E-state index in [1.807, 2.05) is 6.92 Å². The molecule has 0 amide bonds. The lowest BCUT2D eigenvalue weighted by atomic mass is 10.1. The first-order valence-electron chi connectivity index (χ1n) is 4.92. The van der Waals surface area contributed by atoms with Gasteiger partial charge in [-0.2, -0.15) is 0 Å². The Hall–Kier alpha value is -1.29. The molecule has 84 valence electrons. The van der Waals surface area contributed by atoms with Crippen LogP contribution in [0.1, 0.15) is 20.3 Å². The smallest absolute Gasteiger partial charge is 0.337 e. The van der Waals surface area contributed by atoms with E-state index in [4.69, 9.17) is 14.6 Å². The Kier molecular flexibility index (Phi) is 3.91. The number of carbonyl (C=O) groups is 1. The third-order valence-corrected chi connectivity index (χ3v) is 2.23. The van der Waals surface area contributed by atoms with E-state index >= 15 is 0 Å². The molecule has 1 heterocycles. The molecule has 0 aliphatic carbocycles. The van der Waals surface area contributed by atoms with E-state index in [1.165, 1.54) is 0 Å². The number of carbonyl (C=O) groups excluding carboxylic acids is 1. The number of aliphatic hydroxyl groups excluding tert-OH is 1. The molecule has 0 aromatic rings. The fraction of sp³-hybridized carbons (Fsp3) is 0.545. The highest BCUT2D eigenvalue weighted by atomic mass is 16.5. The Morgan fingerprint density at radius 1 is 1.73 bits per heavy atom. The van der Waals surface area contributed by atoms with Crippen molar-refractivity contribution in [2.45, 2.75) is 26.4 Å². The minimum atomic E-state index is -0.412. The Bertz CT molecular complexity index is 304. The number of hydrogen-bond acceptors (Lipinski definition) is 4. The van der Waals surface area contributed by atoms with Crippen LogP contribution in [0.3, 0.4) is 0 Å². The molecule has 1 aliphatic rings. The first-order valence-corrected chi connectivity index (χ1v) is 4.92. The molecule has 1 rings (SSSR count). The number of hydrogen-bond donors (Lipinski definition) is 1. The highest BCUT2D eigenvalue weighted by molar-refractivity contribution is 5.89. The number of rotatable bonds is 4. The number of aliphatic hydroxyl groups is 1. The van der Waals surface area contributed by atoms with E-state index in [9.17, 15) is 4.79 Å². The molecule has 0 radical (unpaired) electrons. The fourth-order valence-corrected chi connectivity index (χ4v) is 1.41. The molecule has 0 fully saturated rings. The average molecular weight is 212 g/mol. The molecule has 0 bridgehead atoms. The van der Waals surface area contributed by atoms with Crippen LogP contribution >= 0.6 is 0 Å². The molecular weight excluding hydrogens is 196 g/mol. The first-order chi connectivity index (χ1) is 7.10. The van der Waals surface area contributed by atoms with Gasteiger partial charge in [0.2, 0.25) is 0 Å². The topological polar surface area (TPSA) is 55.8 Å². The quantitative estimate of drug-likeness (QED) is 0.561. The Labute approximate surface area is 89.2 Å². The summed E-state index contributed by atoms with van der Waals surface area (Å²) in [4.78, 5) is 11.5. The van der Waals surface area contributed by atoms with Crippen LogP contribution in [-0.2, 0) is 14.3 Å². The van der Waals surface area contributed by atoms with Crippen molar-refractivity contribution in [1.29, 1.82) is 0 Å². The molecule has 15 heavy (non-hydrogen) atoms. The summed E-state index contributed by atoms with van der Waals surface area (Å²) < 4.78 is 10.2. The van der Waals surface area contributed by atoms with E-state index in [0.717, 1.165) is 5.57 Å². The predicted octanol–water partition coefficient (Wildman–Crippen LogP) is 1.16. The van der Waals surface area contributed by atoms with Crippen molar-refractivity contribution in [3.05, 3.63) is 23.5 Å². The lowest BCUT2D eigenvalue weighted by Gasteiger charge is -2.10. The van der Waals surface area contributed by atoms with Crippen molar-refractivity contribution < 1.29 is 19.4 Å². The van der Waals surface area contributed by atoms with Crippen LogP contribution in [0.15, 0.2) is 23.5 Å². The van der Waals surface area contributed by atoms with Crippen molar-refractivity contribution in [3.8, 4) is 0 Å². The van der Waals surface area contributed by atoms with Crippen molar-refractivity contribution in [1.82, 2.24) is 0 Å². The summed E-state index contributed by atoms with van der Waals surface area (Å²) >= 11 is 0. The van der Waals surface area contributed by atoms with Crippen LogP contribution in [0.5, 0.6) is 0 Å². The van der Waals surface area contributed by atoms with Gasteiger partial charge in [0.1, 0.15) is 18.5 Å². The fourth-order valence-electron chi connectivity index (χ4n) is 1.41. The van der Waals surface area contributed by atoms with Crippen LogP contribution in [0, 0.1) is 0 Å². The van der Waals surface area contributed by atoms with Gasteiger partial charge in [0.15, 0.2) is 0 Å². The molecular formula is C11H16O4. The zero-order chi connectivity index (χ0) is 11.4. The number of ether oxygens (including phenoxy) is 2. The monoisotopic (exact) mass is 212 g/mol. The van der Waals surface area contributed by atoms with Gasteiger partial charge >= 0.3 is 5.97 Å². The van der Waals surface area contributed by atoms with E-state index in [-0.39, 0.29) is 12.7 Å². The molecule has 1 atom stereocenters. The summed E-state index contributed by atoms with van der Waals surface area (Å²) in [6, 6.07) is 0. The van der Waals surface area contributed by atoms with Gasteiger partial charge in [0.25, 0.3) is 0 Å². The second-order valence-electron chi connectivity index (χ2n) is 3.44. The van der Waals surface area contributed by atoms with Crippen molar-refractivity contribution >= 4 is 5.97 Å². The van der Waals surface area contributed by atoms with Gasteiger partial charge in [-0.15, -0.1) is 0 Å². The standard InChI is InChI=1S/C11H16O4/c1-4-14-11(13)8-5-9(7(2)3)15-10(8)6-12/h9,12H,2,4-6H2,1,3H3. The first kappa shape index (κ1) is 11.8. The van der Waals surface area contributed by atoms with Gasteiger partial charge in [-0.25, -0.2) is 4.79 Å². The van der Waals surface area contributed by atoms with E-state index in [2.05, 4.69) is 6.58 Å². The molecule has 0 saturated heterocycles. The Morgan fingerprint density at radius 3 is 2.87 bits per heavy atom. The third-order valence-electron chi connectivity index (χ3n) is 2.23. The van der Waals surface area contributed by atoms with Crippen LogP contribution in [0.2, 0.25) is 0 Å². The molecule has 4 heteroatoms. The molecule has 0 saturated carbocycles. The predicted molar refractivity (Wildman–Crippen MR) is 55.0 cm³/mol. The zero-order valence-electron chi connectivity index (χ0n) is 9.08. The van der Waals surface area contributed by atoms with Crippen molar-refractivity contribution in [3.63, 3.8) is 0 Å². The number of esters is 1. The third kappa shape index (κ3) is 2.59. The van der Waals surface area contributed by atoms with Crippen LogP contribution in [0.25, 0.3) is 0 Å². The summed E-state index contributed by atoms with van der Waals surface area (Å²) in [7, 11) is 0. The second kappa shape index (κ2) is 4.98. The maximum Gasteiger partial charge on any atom is 0.337 e. The van der Waals surface area contributed by atoms with Gasteiger partial charge < -0.3 is 14.6 Å². The van der Waals surface area contributed by atoms with Gasteiger partial charge in [0.05, 0.1) is 12.2 Å². The van der Waals surface area contributed by atoms with Crippen LogP contribution in [0.4, 0.5) is 0 Å². The average Bonchev–Trinajstić information content (AvgIpc) is 2.61. The largest absolute Gasteiger partial charge is 0.487 e. The molecule has 0 aromatic heterocycles. The summed E-state index contributed by atoms with van der Waals surface area (Å²) in [6.45, 7) is 7.36. The molecule has 1 unspecified atom stereocenters. The highest BCUT2D eigenvalue weighted by Crippen LogP contribution is 2.29. The van der Waals surface area contributed by atoms with Gasteiger partial charge in [0, 0.05) is 6.42 Å². The van der Waals surface area contributed by atoms with Crippen molar-refractivity contribution in [2.24, 2.45) is 0 Å². The second-order valence-corrected chi connectivity index (χ2v) is 3.44. The Balaban J connectivity index is 2.76. The van der Waals surface area contributed by atoms with E-state index in [1.54, 1.807) is 6.92 Å². The normalized spacial score (nSPS) is 20.1. The van der Waals surface area contributed by atoms with Gasteiger partial charge in [-0.05, 0) is 19.4 Å². The molecule has 1 N–H and O–H groups in total. The summed E-state index contributed by atoms with van der Waals surface area (Å²) in [5.41, 5.74) is 1.26. The summed E-state index contributed by atoms with van der Waals surface area (Å²) in [6.07, 6.45) is 0.218. The van der Waals surface area contributed by atoms with Crippen molar-refractivity contribution in [2.75, 3.05) is 13.2 Å².